The summed E-state index contributed by atoms with van der Waals surface area (Å²) < 4.78 is 0. The van der Waals surface area contributed by atoms with E-state index in [0.717, 1.165) is 51.4 Å². The Balaban J connectivity index is 1.38. The molecule has 1 unspecified atom stereocenters. The fourth-order valence-corrected chi connectivity index (χ4v) is 4.51. The highest BCUT2D eigenvalue weighted by Gasteiger charge is 2.22. The second-order valence-corrected chi connectivity index (χ2v) is 8.70. The van der Waals surface area contributed by atoms with Crippen molar-refractivity contribution in [1.82, 2.24) is 15.1 Å². The fourth-order valence-electron chi connectivity index (χ4n) is 4.51. The molecular formula is C23H37N3O2. The van der Waals surface area contributed by atoms with Crippen molar-refractivity contribution in [2.45, 2.75) is 64.3 Å². The number of urea groups is 1. The van der Waals surface area contributed by atoms with E-state index in [0.29, 0.717) is 5.75 Å². The van der Waals surface area contributed by atoms with E-state index in [1.54, 1.807) is 12.1 Å². The Bertz CT molecular complexity index is 598. The molecule has 1 saturated carbocycles. The lowest BCUT2D eigenvalue weighted by molar-refractivity contribution is 0.187. The van der Waals surface area contributed by atoms with E-state index in [1.165, 1.54) is 44.2 Å². The van der Waals surface area contributed by atoms with Gasteiger partial charge in [-0.05, 0) is 69.2 Å². The van der Waals surface area contributed by atoms with Gasteiger partial charge in [0, 0.05) is 32.2 Å². The minimum atomic E-state index is 0.0812. The van der Waals surface area contributed by atoms with Crippen LogP contribution in [0.1, 0.15) is 57.4 Å². The highest BCUT2D eigenvalue weighted by atomic mass is 16.3. The van der Waals surface area contributed by atoms with Crippen LogP contribution in [-0.4, -0.2) is 59.7 Å². The number of aryl methyl sites for hydroxylation is 1. The van der Waals surface area contributed by atoms with E-state index in [4.69, 9.17) is 0 Å². The van der Waals surface area contributed by atoms with Crippen LogP contribution >= 0.6 is 0 Å². The Morgan fingerprint density at radius 3 is 2.57 bits per heavy atom. The van der Waals surface area contributed by atoms with E-state index < -0.39 is 0 Å². The molecule has 1 aromatic rings. The lowest BCUT2D eigenvalue weighted by atomic mass is 9.89. The van der Waals surface area contributed by atoms with Gasteiger partial charge in [-0.15, -0.1) is 0 Å². The zero-order chi connectivity index (χ0) is 19.8. The maximum atomic E-state index is 12.7. The van der Waals surface area contributed by atoms with Crippen LogP contribution in [0.2, 0.25) is 0 Å². The summed E-state index contributed by atoms with van der Waals surface area (Å²) in [5.41, 5.74) is 1.19. The number of amides is 2. The van der Waals surface area contributed by atoms with Gasteiger partial charge in [0.1, 0.15) is 5.75 Å². The molecule has 0 spiro atoms. The van der Waals surface area contributed by atoms with Crippen molar-refractivity contribution in [3.63, 3.8) is 0 Å². The number of phenols is 1. The molecule has 1 aliphatic heterocycles. The summed E-state index contributed by atoms with van der Waals surface area (Å²) in [6.45, 7) is 7.12. The molecule has 0 aromatic heterocycles. The molecule has 2 fully saturated rings. The maximum Gasteiger partial charge on any atom is 0.317 e. The third kappa shape index (κ3) is 6.69. The van der Waals surface area contributed by atoms with E-state index in [9.17, 15) is 9.90 Å². The normalized spacial score (nSPS) is 20.5. The van der Waals surface area contributed by atoms with Crippen LogP contribution in [0.3, 0.4) is 0 Å². The lowest BCUT2D eigenvalue weighted by Crippen LogP contribution is -2.45. The highest BCUT2D eigenvalue weighted by molar-refractivity contribution is 5.74. The van der Waals surface area contributed by atoms with E-state index in [2.05, 4.69) is 17.1 Å². The number of hydrogen-bond acceptors (Lipinski definition) is 3. The molecule has 1 aliphatic carbocycles. The molecule has 2 aliphatic rings. The van der Waals surface area contributed by atoms with Crippen LogP contribution in [0, 0.1) is 5.92 Å². The monoisotopic (exact) mass is 387 g/mol. The predicted octanol–water partition coefficient (Wildman–Crippen LogP) is 4.01. The third-order valence-electron chi connectivity index (χ3n) is 6.29. The first-order valence-electron chi connectivity index (χ1n) is 11.2. The van der Waals surface area contributed by atoms with Crippen LogP contribution < -0.4 is 5.32 Å². The van der Waals surface area contributed by atoms with Crippen molar-refractivity contribution in [1.29, 1.82) is 0 Å². The van der Waals surface area contributed by atoms with Crippen LogP contribution in [0.25, 0.3) is 0 Å². The molecule has 5 heteroatoms. The maximum absolute atomic E-state index is 12.7. The molecule has 2 N–H and O–H groups in total. The number of nitrogens with zero attached hydrogens (tertiary/aromatic N) is 2. The molecule has 28 heavy (non-hydrogen) atoms. The summed E-state index contributed by atoms with van der Waals surface area (Å²) >= 11 is 0. The highest BCUT2D eigenvalue weighted by Crippen LogP contribution is 2.24. The van der Waals surface area contributed by atoms with Gasteiger partial charge in [0.2, 0.25) is 0 Å². The van der Waals surface area contributed by atoms with Gasteiger partial charge in [-0.1, -0.05) is 31.4 Å². The first kappa shape index (κ1) is 21.0. The molecule has 3 rings (SSSR count). The van der Waals surface area contributed by atoms with Crippen LogP contribution in [0.5, 0.6) is 5.75 Å². The van der Waals surface area contributed by atoms with Gasteiger partial charge in [-0.25, -0.2) is 4.79 Å². The number of carbonyl (C=O) groups is 1. The number of nitrogens with one attached hydrogen (secondary N) is 1. The van der Waals surface area contributed by atoms with E-state index in [1.807, 2.05) is 17.0 Å². The van der Waals surface area contributed by atoms with Crippen LogP contribution in [0.4, 0.5) is 4.79 Å². The topological polar surface area (TPSA) is 55.8 Å². The summed E-state index contributed by atoms with van der Waals surface area (Å²) in [7, 11) is 0. The molecule has 1 atom stereocenters. The SMILES string of the molecule is CC(CCc1ccc(O)cc1)NC(=O)N1CCCN(CC2CCCCC2)CC1. The minimum absolute atomic E-state index is 0.0812. The van der Waals surface area contributed by atoms with Gasteiger partial charge in [0.05, 0.1) is 0 Å². The van der Waals surface area contributed by atoms with Gasteiger partial charge in [-0.2, -0.15) is 0 Å². The summed E-state index contributed by atoms with van der Waals surface area (Å²) in [6.07, 6.45) is 9.86. The molecule has 0 bridgehead atoms. The van der Waals surface area contributed by atoms with Crippen LogP contribution in [0.15, 0.2) is 24.3 Å². The van der Waals surface area contributed by atoms with E-state index >= 15 is 0 Å². The molecule has 1 saturated heterocycles. The second-order valence-electron chi connectivity index (χ2n) is 8.70. The van der Waals surface area contributed by atoms with E-state index in [-0.39, 0.29) is 12.1 Å². The summed E-state index contributed by atoms with van der Waals surface area (Å²) in [5.74, 6) is 1.16. The smallest absolute Gasteiger partial charge is 0.317 e. The van der Waals surface area contributed by atoms with Crippen molar-refractivity contribution >= 4 is 6.03 Å². The Morgan fingerprint density at radius 2 is 1.82 bits per heavy atom. The van der Waals surface area contributed by atoms with Gasteiger partial charge >= 0.3 is 6.03 Å². The molecular weight excluding hydrogens is 350 g/mol. The lowest BCUT2D eigenvalue weighted by Gasteiger charge is -2.29. The largest absolute Gasteiger partial charge is 0.508 e. The number of carbonyl (C=O) groups excluding carboxylic acids is 1. The Morgan fingerprint density at radius 1 is 1.07 bits per heavy atom. The minimum Gasteiger partial charge on any atom is -0.508 e. The van der Waals surface area contributed by atoms with Crippen molar-refractivity contribution < 1.29 is 9.90 Å². The van der Waals surface area contributed by atoms with Gasteiger partial charge in [0.25, 0.3) is 0 Å². The number of hydrogen-bond donors (Lipinski definition) is 2. The Labute approximate surface area is 170 Å². The van der Waals surface area contributed by atoms with Gasteiger partial charge < -0.3 is 20.2 Å². The Kier molecular flexibility index (Phi) is 8.01. The molecule has 0 radical (unpaired) electrons. The zero-order valence-corrected chi connectivity index (χ0v) is 17.4. The predicted molar refractivity (Wildman–Crippen MR) is 114 cm³/mol. The average Bonchev–Trinajstić information content (AvgIpc) is 2.94. The third-order valence-corrected chi connectivity index (χ3v) is 6.29. The van der Waals surface area contributed by atoms with Crippen molar-refractivity contribution in [3.8, 4) is 5.75 Å². The molecule has 156 valence electrons. The second kappa shape index (κ2) is 10.7. The number of benzene rings is 1. The van der Waals surface area contributed by atoms with Crippen molar-refractivity contribution in [2.75, 3.05) is 32.7 Å². The molecule has 1 heterocycles. The fraction of sp³-hybridized carbons (Fsp3) is 0.696. The van der Waals surface area contributed by atoms with Crippen molar-refractivity contribution in [3.05, 3.63) is 29.8 Å². The standard InChI is InChI=1S/C23H37N3O2/c1-19(8-9-20-10-12-22(27)13-11-20)24-23(28)26-15-5-14-25(16-17-26)18-21-6-3-2-4-7-21/h10-13,19,21,27H,2-9,14-18H2,1H3,(H,24,28). The summed E-state index contributed by atoms with van der Waals surface area (Å²) in [4.78, 5) is 17.3. The first-order valence-corrected chi connectivity index (χ1v) is 11.2. The average molecular weight is 388 g/mol. The quantitative estimate of drug-likeness (QED) is 0.775. The molecule has 2 amide bonds. The first-order chi connectivity index (χ1) is 13.6. The Hall–Kier alpha value is -1.75. The number of phenolic OH excluding ortho intramolecular Hbond substituents is 1. The van der Waals surface area contributed by atoms with Crippen molar-refractivity contribution in [2.24, 2.45) is 5.92 Å². The van der Waals surface area contributed by atoms with Crippen LogP contribution in [-0.2, 0) is 6.42 Å². The summed E-state index contributed by atoms with van der Waals surface area (Å²) in [5, 5.41) is 12.5. The summed E-state index contributed by atoms with van der Waals surface area (Å²) in [6, 6.07) is 7.55. The zero-order valence-electron chi connectivity index (χ0n) is 17.4. The van der Waals surface area contributed by atoms with Gasteiger partial charge in [0.15, 0.2) is 0 Å². The van der Waals surface area contributed by atoms with Gasteiger partial charge in [-0.3, -0.25) is 0 Å². The molecule has 1 aromatic carbocycles. The number of aromatic hydroxyl groups is 1. The molecule has 5 nitrogen and oxygen atoms in total. The number of rotatable bonds is 6.